The van der Waals surface area contributed by atoms with Gasteiger partial charge in [-0.05, 0) is 19.1 Å². The van der Waals surface area contributed by atoms with Crippen molar-refractivity contribution >= 4 is 16.8 Å². The molecule has 17 heavy (non-hydrogen) atoms. The largest absolute Gasteiger partial charge is 0.339 e. The van der Waals surface area contributed by atoms with Crippen LogP contribution < -0.4 is 5.32 Å². The first-order valence-electron chi connectivity index (χ1n) is 5.33. The molecule has 0 aliphatic rings. The first-order chi connectivity index (χ1) is 8.22. The Kier molecular flexibility index (Phi) is 3.06. The molecule has 1 N–H and O–H groups in total. The van der Waals surface area contributed by atoms with Crippen molar-refractivity contribution in [2.24, 2.45) is 0 Å². The summed E-state index contributed by atoms with van der Waals surface area (Å²) in [7, 11) is 0. The molecule has 84 valence electrons. The molecule has 1 aromatic carbocycles. The Morgan fingerprint density at radius 2 is 2.18 bits per heavy atom. The first kappa shape index (κ1) is 11.2. The lowest BCUT2D eigenvalue weighted by atomic mass is 10.1. The number of pyridine rings is 1. The van der Waals surface area contributed by atoms with Gasteiger partial charge in [-0.15, -0.1) is 6.42 Å². The summed E-state index contributed by atoms with van der Waals surface area (Å²) in [6, 6.07) is 8.97. The van der Waals surface area contributed by atoms with Gasteiger partial charge in [0, 0.05) is 11.6 Å². The van der Waals surface area contributed by atoms with Crippen LogP contribution in [0.5, 0.6) is 0 Å². The highest BCUT2D eigenvalue weighted by Gasteiger charge is 2.11. The molecule has 0 aliphatic heterocycles. The Hall–Kier alpha value is -2.34. The summed E-state index contributed by atoms with van der Waals surface area (Å²) in [6.07, 6.45) is 6.90. The quantitative estimate of drug-likeness (QED) is 0.792. The van der Waals surface area contributed by atoms with Crippen LogP contribution in [0, 0.1) is 12.3 Å². The molecule has 1 unspecified atom stereocenters. The SMILES string of the molecule is C#CC(C)NC(=O)c1cccc2cccnc12. The fraction of sp³-hybridized carbons (Fsp3) is 0.143. The molecule has 2 aromatic rings. The lowest BCUT2D eigenvalue weighted by Crippen LogP contribution is -2.31. The van der Waals surface area contributed by atoms with E-state index in [1.165, 1.54) is 0 Å². The van der Waals surface area contributed by atoms with Crippen molar-refractivity contribution in [3.63, 3.8) is 0 Å². The number of hydrogen-bond donors (Lipinski definition) is 1. The standard InChI is InChI=1S/C14H12N2O/c1-3-10(2)16-14(17)12-8-4-6-11-7-5-9-15-13(11)12/h1,4-10H,2H3,(H,16,17). The highest BCUT2D eigenvalue weighted by atomic mass is 16.1. The molecule has 2 rings (SSSR count). The number of carbonyl (C=O) groups excluding carboxylic acids is 1. The zero-order chi connectivity index (χ0) is 12.3. The summed E-state index contributed by atoms with van der Waals surface area (Å²) >= 11 is 0. The monoisotopic (exact) mass is 224 g/mol. The zero-order valence-corrected chi connectivity index (χ0v) is 9.47. The molecule has 0 saturated carbocycles. The second-order valence-electron chi connectivity index (χ2n) is 3.74. The van der Waals surface area contributed by atoms with E-state index in [1.54, 1.807) is 19.2 Å². The Morgan fingerprint density at radius 3 is 2.94 bits per heavy atom. The number of terminal acetylenes is 1. The van der Waals surface area contributed by atoms with Gasteiger partial charge in [-0.25, -0.2) is 0 Å². The van der Waals surface area contributed by atoms with E-state index in [2.05, 4.69) is 16.2 Å². The number of nitrogens with zero attached hydrogens (tertiary/aromatic N) is 1. The molecule has 0 bridgehead atoms. The highest BCUT2D eigenvalue weighted by Crippen LogP contribution is 2.15. The van der Waals surface area contributed by atoms with Crippen molar-refractivity contribution < 1.29 is 4.79 Å². The molecule has 0 saturated heterocycles. The second-order valence-corrected chi connectivity index (χ2v) is 3.74. The molecule has 1 heterocycles. The lowest BCUT2D eigenvalue weighted by molar-refractivity contribution is 0.0949. The van der Waals surface area contributed by atoms with Crippen LogP contribution in [-0.2, 0) is 0 Å². The molecule has 0 radical (unpaired) electrons. The van der Waals surface area contributed by atoms with E-state index >= 15 is 0 Å². The Balaban J connectivity index is 2.42. The van der Waals surface area contributed by atoms with Crippen molar-refractivity contribution in [3.8, 4) is 12.3 Å². The van der Waals surface area contributed by atoms with Crippen LogP contribution in [0.3, 0.4) is 0 Å². The van der Waals surface area contributed by atoms with Crippen molar-refractivity contribution in [1.82, 2.24) is 10.3 Å². The van der Waals surface area contributed by atoms with Gasteiger partial charge >= 0.3 is 0 Å². The molecule has 3 heteroatoms. The van der Waals surface area contributed by atoms with Gasteiger partial charge < -0.3 is 5.32 Å². The van der Waals surface area contributed by atoms with Crippen LogP contribution in [0.25, 0.3) is 10.9 Å². The van der Waals surface area contributed by atoms with E-state index < -0.39 is 0 Å². The summed E-state index contributed by atoms with van der Waals surface area (Å²) in [5.74, 6) is 2.27. The predicted molar refractivity (Wildman–Crippen MR) is 67.5 cm³/mol. The van der Waals surface area contributed by atoms with Crippen LogP contribution in [-0.4, -0.2) is 16.9 Å². The number of hydrogen-bond acceptors (Lipinski definition) is 2. The fourth-order valence-corrected chi connectivity index (χ4v) is 1.60. The van der Waals surface area contributed by atoms with Crippen molar-refractivity contribution in [3.05, 3.63) is 42.1 Å². The Morgan fingerprint density at radius 1 is 1.41 bits per heavy atom. The molecule has 1 atom stereocenters. The van der Waals surface area contributed by atoms with Gasteiger partial charge in [-0.3, -0.25) is 9.78 Å². The molecule has 0 spiro atoms. The number of fused-ring (bicyclic) bond motifs is 1. The van der Waals surface area contributed by atoms with Crippen LogP contribution in [0.15, 0.2) is 36.5 Å². The molecule has 1 amide bonds. The Labute approximate surface area is 99.9 Å². The number of rotatable bonds is 2. The molecular weight excluding hydrogens is 212 g/mol. The smallest absolute Gasteiger partial charge is 0.254 e. The zero-order valence-electron chi connectivity index (χ0n) is 9.47. The minimum Gasteiger partial charge on any atom is -0.339 e. The summed E-state index contributed by atoms with van der Waals surface area (Å²) < 4.78 is 0. The van der Waals surface area contributed by atoms with Crippen LogP contribution in [0.1, 0.15) is 17.3 Å². The lowest BCUT2D eigenvalue weighted by Gasteiger charge is -2.09. The topological polar surface area (TPSA) is 42.0 Å². The minimum atomic E-state index is -0.290. The molecule has 0 fully saturated rings. The maximum atomic E-state index is 12.0. The van der Waals surface area contributed by atoms with Crippen LogP contribution >= 0.6 is 0 Å². The number of carbonyl (C=O) groups is 1. The normalized spacial score (nSPS) is 11.8. The van der Waals surface area contributed by atoms with Gasteiger partial charge in [0.2, 0.25) is 0 Å². The number of para-hydroxylation sites is 1. The van der Waals surface area contributed by atoms with E-state index in [0.29, 0.717) is 11.1 Å². The van der Waals surface area contributed by atoms with E-state index in [9.17, 15) is 4.79 Å². The number of aromatic nitrogens is 1. The predicted octanol–water partition coefficient (Wildman–Crippen LogP) is 1.99. The van der Waals surface area contributed by atoms with Gasteiger partial charge in [0.05, 0.1) is 17.1 Å². The third kappa shape index (κ3) is 2.26. The van der Waals surface area contributed by atoms with Crippen molar-refractivity contribution in [2.45, 2.75) is 13.0 Å². The van der Waals surface area contributed by atoms with E-state index in [1.807, 2.05) is 24.3 Å². The summed E-state index contributed by atoms with van der Waals surface area (Å²) in [5, 5.41) is 3.66. The summed E-state index contributed by atoms with van der Waals surface area (Å²) in [4.78, 5) is 16.2. The van der Waals surface area contributed by atoms with Crippen molar-refractivity contribution in [2.75, 3.05) is 0 Å². The van der Waals surface area contributed by atoms with Gasteiger partial charge in [-0.2, -0.15) is 0 Å². The maximum Gasteiger partial charge on any atom is 0.254 e. The van der Waals surface area contributed by atoms with Crippen molar-refractivity contribution in [1.29, 1.82) is 0 Å². The van der Waals surface area contributed by atoms with Gasteiger partial charge in [-0.1, -0.05) is 24.1 Å². The van der Waals surface area contributed by atoms with E-state index in [-0.39, 0.29) is 11.9 Å². The molecular formula is C14H12N2O. The third-order valence-electron chi connectivity index (χ3n) is 2.47. The minimum absolute atomic E-state index is 0.195. The number of benzene rings is 1. The average Bonchev–Trinajstić information content (AvgIpc) is 2.37. The molecule has 1 aromatic heterocycles. The van der Waals surface area contributed by atoms with E-state index in [0.717, 1.165) is 5.39 Å². The highest BCUT2D eigenvalue weighted by molar-refractivity contribution is 6.05. The molecule has 0 aliphatic carbocycles. The first-order valence-corrected chi connectivity index (χ1v) is 5.33. The van der Waals surface area contributed by atoms with Gasteiger partial charge in [0.1, 0.15) is 0 Å². The van der Waals surface area contributed by atoms with Gasteiger partial charge in [0.15, 0.2) is 0 Å². The van der Waals surface area contributed by atoms with Crippen LogP contribution in [0.4, 0.5) is 0 Å². The number of amides is 1. The number of nitrogens with one attached hydrogen (secondary N) is 1. The van der Waals surface area contributed by atoms with Gasteiger partial charge in [0.25, 0.3) is 5.91 Å². The fourth-order valence-electron chi connectivity index (χ4n) is 1.60. The van der Waals surface area contributed by atoms with Crippen LogP contribution in [0.2, 0.25) is 0 Å². The maximum absolute atomic E-state index is 12.0. The second kappa shape index (κ2) is 4.67. The third-order valence-corrected chi connectivity index (χ3v) is 2.47. The Bertz CT molecular complexity index is 593. The average molecular weight is 224 g/mol. The summed E-state index contributed by atoms with van der Waals surface area (Å²) in [5.41, 5.74) is 1.24. The molecule has 3 nitrogen and oxygen atoms in total. The van der Waals surface area contributed by atoms with E-state index in [4.69, 9.17) is 6.42 Å². The summed E-state index contributed by atoms with van der Waals surface area (Å²) in [6.45, 7) is 1.76.